The van der Waals surface area contributed by atoms with Gasteiger partial charge >= 0.3 is 0 Å². The van der Waals surface area contributed by atoms with Gasteiger partial charge in [-0.2, -0.15) is 0 Å². The van der Waals surface area contributed by atoms with Crippen molar-refractivity contribution in [2.75, 3.05) is 7.11 Å². The number of hydrogen-bond donors (Lipinski definition) is 1. The third-order valence-electron chi connectivity index (χ3n) is 2.85. The van der Waals surface area contributed by atoms with Gasteiger partial charge in [0, 0.05) is 23.6 Å². The van der Waals surface area contributed by atoms with Crippen LogP contribution >= 0.6 is 15.9 Å². The van der Waals surface area contributed by atoms with Crippen molar-refractivity contribution >= 4 is 15.9 Å². The van der Waals surface area contributed by atoms with Crippen molar-refractivity contribution in [1.82, 2.24) is 0 Å². The molecule has 1 aromatic carbocycles. The maximum absolute atomic E-state index is 13.7. The molecule has 0 atom stereocenters. The molecule has 16 heavy (non-hydrogen) atoms. The van der Waals surface area contributed by atoms with Crippen LogP contribution in [-0.4, -0.2) is 17.8 Å². The molecule has 0 spiro atoms. The average molecular weight is 289 g/mol. The van der Waals surface area contributed by atoms with Crippen molar-refractivity contribution in [1.29, 1.82) is 0 Å². The fourth-order valence-corrected chi connectivity index (χ4v) is 2.34. The fraction of sp³-hybridized carbons (Fsp3) is 0.500. The number of aliphatic hydroxyl groups is 1. The first-order chi connectivity index (χ1) is 7.54. The molecule has 2 rings (SSSR count). The van der Waals surface area contributed by atoms with Gasteiger partial charge in [0.05, 0.1) is 12.2 Å². The first-order valence-electron chi connectivity index (χ1n) is 5.22. The van der Waals surface area contributed by atoms with Crippen LogP contribution in [0, 0.1) is 5.82 Å². The van der Waals surface area contributed by atoms with Crippen LogP contribution in [0.2, 0.25) is 0 Å². The molecule has 0 radical (unpaired) electrons. The molecule has 2 nitrogen and oxygen atoms in total. The molecule has 0 aromatic heterocycles. The molecule has 0 aliphatic heterocycles. The van der Waals surface area contributed by atoms with Crippen LogP contribution in [0.25, 0.3) is 0 Å². The molecule has 0 bridgehead atoms. The van der Waals surface area contributed by atoms with Crippen LogP contribution in [0.4, 0.5) is 4.39 Å². The molecule has 1 fully saturated rings. The summed E-state index contributed by atoms with van der Waals surface area (Å²) in [7, 11) is 1.53. The number of rotatable bonds is 4. The Kier molecular flexibility index (Phi) is 3.33. The van der Waals surface area contributed by atoms with Crippen LogP contribution in [0.15, 0.2) is 16.6 Å². The summed E-state index contributed by atoms with van der Waals surface area (Å²) in [5.41, 5.74) is 0.757. The lowest BCUT2D eigenvalue weighted by atomic mass is 10.0. The lowest BCUT2D eigenvalue weighted by Gasteiger charge is -2.11. The van der Waals surface area contributed by atoms with Crippen molar-refractivity contribution in [3.8, 4) is 0 Å². The molecule has 1 aromatic rings. The normalized spacial score (nSPS) is 17.5. The van der Waals surface area contributed by atoms with E-state index in [1.807, 2.05) is 6.07 Å². The quantitative estimate of drug-likeness (QED) is 0.923. The SMILES string of the molecule is COCc1c(F)cc(CC2(O)CC2)cc1Br. The van der Waals surface area contributed by atoms with Crippen molar-refractivity contribution in [3.05, 3.63) is 33.5 Å². The Balaban J connectivity index is 2.22. The molecule has 0 heterocycles. The van der Waals surface area contributed by atoms with E-state index < -0.39 is 5.60 Å². The molecule has 4 heteroatoms. The second-order valence-electron chi connectivity index (χ2n) is 4.37. The van der Waals surface area contributed by atoms with Gasteiger partial charge in [0.1, 0.15) is 5.82 Å². The second kappa shape index (κ2) is 4.43. The monoisotopic (exact) mass is 288 g/mol. The summed E-state index contributed by atoms with van der Waals surface area (Å²) in [5.74, 6) is -0.282. The van der Waals surface area contributed by atoms with E-state index in [0.29, 0.717) is 16.5 Å². The van der Waals surface area contributed by atoms with Gasteiger partial charge in [0.15, 0.2) is 0 Å². The lowest BCUT2D eigenvalue weighted by Crippen LogP contribution is -2.11. The van der Waals surface area contributed by atoms with E-state index in [9.17, 15) is 9.50 Å². The third kappa shape index (κ3) is 2.62. The average Bonchev–Trinajstić information content (AvgIpc) is 2.90. The van der Waals surface area contributed by atoms with E-state index in [-0.39, 0.29) is 12.4 Å². The first kappa shape index (κ1) is 12.0. The standard InChI is InChI=1S/C12H14BrFO2/c1-16-7-9-10(13)4-8(5-11(9)14)6-12(15)2-3-12/h4-5,15H,2-3,6-7H2,1H3. The summed E-state index contributed by atoms with van der Waals surface area (Å²) >= 11 is 3.33. The van der Waals surface area contributed by atoms with Gasteiger partial charge in [0.25, 0.3) is 0 Å². The van der Waals surface area contributed by atoms with E-state index in [2.05, 4.69) is 15.9 Å². The predicted molar refractivity (Wildman–Crippen MR) is 62.7 cm³/mol. The highest BCUT2D eigenvalue weighted by molar-refractivity contribution is 9.10. The molecule has 1 N–H and O–H groups in total. The van der Waals surface area contributed by atoms with Crippen molar-refractivity contribution in [2.45, 2.75) is 31.5 Å². The van der Waals surface area contributed by atoms with Crippen molar-refractivity contribution in [2.24, 2.45) is 0 Å². The van der Waals surface area contributed by atoms with E-state index in [4.69, 9.17) is 4.74 Å². The van der Waals surface area contributed by atoms with E-state index >= 15 is 0 Å². The summed E-state index contributed by atoms with van der Waals surface area (Å²) in [6.07, 6.45) is 2.15. The van der Waals surface area contributed by atoms with Crippen LogP contribution in [0.5, 0.6) is 0 Å². The number of halogens is 2. The largest absolute Gasteiger partial charge is 0.390 e. The summed E-state index contributed by atoms with van der Waals surface area (Å²) in [5, 5.41) is 9.77. The zero-order valence-electron chi connectivity index (χ0n) is 9.09. The van der Waals surface area contributed by atoms with Crippen molar-refractivity contribution < 1.29 is 14.2 Å². The Morgan fingerprint density at radius 1 is 1.50 bits per heavy atom. The highest BCUT2D eigenvalue weighted by atomic mass is 79.9. The van der Waals surface area contributed by atoms with Gasteiger partial charge in [-0.1, -0.05) is 15.9 Å². The van der Waals surface area contributed by atoms with E-state index in [1.165, 1.54) is 13.2 Å². The molecule has 0 amide bonds. The Morgan fingerprint density at radius 3 is 2.69 bits per heavy atom. The minimum Gasteiger partial charge on any atom is -0.390 e. The minimum atomic E-state index is -0.589. The highest BCUT2D eigenvalue weighted by Crippen LogP contribution is 2.39. The molecule has 1 aliphatic rings. The molecular formula is C12H14BrFO2. The number of benzene rings is 1. The van der Waals surface area contributed by atoms with Gasteiger partial charge in [-0.15, -0.1) is 0 Å². The molecule has 1 saturated carbocycles. The maximum Gasteiger partial charge on any atom is 0.130 e. The first-order valence-corrected chi connectivity index (χ1v) is 6.01. The fourth-order valence-electron chi connectivity index (χ4n) is 1.74. The second-order valence-corrected chi connectivity index (χ2v) is 5.23. The summed E-state index contributed by atoms with van der Waals surface area (Å²) < 4.78 is 19.3. The molecule has 88 valence electrons. The minimum absolute atomic E-state index is 0.247. The topological polar surface area (TPSA) is 29.5 Å². The predicted octanol–water partition coefficient (Wildman–Crippen LogP) is 2.80. The molecule has 0 saturated heterocycles. The third-order valence-corrected chi connectivity index (χ3v) is 3.56. The molecule has 0 unspecified atom stereocenters. The van der Waals surface area contributed by atoms with Gasteiger partial charge in [-0.3, -0.25) is 0 Å². The number of hydrogen-bond acceptors (Lipinski definition) is 2. The Labute approximate surface area is 103 Å². The summed E-state index contributed by atoms with van der Waals surface area (Å²) in [6.45, 7) is 0.247. The zero-order chi connectivity index (χ0) is 11.8. The smallest absolute Gasteiger partial charge is 0.130 e. The summed E-state index contributed by atoms with van der Waals surface area (Å²) in [4.78, 5) is 0. The summed E-state index contributed by atoms with van der Waals surface area (Å²) in [6, 6.07) is 3.34. The Morgan fingerprint density at radius 2 is 2.19 bits per heavy atom. The lowest BCUT2D eigenvalue weighted by molar-refractivity contribution is 0.150. The van der Waals surface area contributed by atoms with Gasteiger partial charge in [0.2, 0.25) is 0 Å². The Hall–Kier alpha value is -0.450. The van der Waals surface area contributed by atoms with E-state index in [0.717, 1.165) is 18.4 Å². The van der Waals surface area contributed by atoms with Crippen LogP contribution in [0.1, 0.15) is 24.0 Å². The molecular weight excluding hydrogens is 275 g/mol. The van der Waals surface area contributed by atoms with Crippen LogP contribution in [-0.2, 0) is 17.8 Å². The maximum atomic E-state index is 13.7. The molecule has 1 aliphatic carbocycles. The highest BCUT2D eigenvalue weighted by Gasteiger charge is 2.40. The Bertz CT molecular complexity index is 379. The zero-order valence-corrected chi connectivity index (χ0v) is 10.7. The number of ether oxygens (including phenoxy) is 1. The van der Waals surface area contributed by atoms with Gasteiger partial charge < -0.3 is 9.84 Å². The van der Waals surface area contributed by atoms with Crippen LogP contribution in [0.3, 0.4) is 0 Å². The van der Waals surface area contributed by atoms with Crippen LogP contribution < -0.4 is 0 Å². The van der Waals surface area contributed by atoms with Crippen molar-refractivity contribution in [3.63, 3.8) is 0 Å². The number of methoxy groups -OCH3 is 1. The van der Waals surface area contributed by atoms with Gasteiger partial charge in [-0.05, 0) is 30.5 Å². The van der Waals surface area contributed by atoms with E-state index in [1.54, 1.807) is 0 Å². The van der Waals surface area contributed by atoms with Gasteiger partial charge in [-0.25, -0.2) is 4.39 Å².